The Bertz CT molecular complexity index is 588. The number of ether oxygens (including phenoxy) is 1. The summed E-state index contributed by atoms with van der Waals surface area (Å²) in [7, 11) is 1.61. The Balaban J connectivity index is 2.17. The molecular weight excluding hydrogens is 238 g/mol. The van der Waals surface area contributed by atoms with Crippen molar-refractivity contribution in [3.8, 4) is 5.75 Å². The molecule has 2 aromatic carbocycles. The molecule has 0 aliphatic rings. The van der Waals surface area contributed by atoms with E-state index < -0.39 is 0 Å². The van der Waals surface area contributed by atoms with Gasteiger partial charge in [0.15, 0.2) is 0 Å². The molecular formula is C16H16NO2. The van der Waals surface area contributed by atoms with Crippen LogP contribution < -0.4 is 10.1 Å². The third kappa shape index (κ3) is 3.13. The summed E-state index contributed by atoms with van der Waals surface area (Å²) in [6.45, 7) is 5.74. The topological polar surface area (TPSA) is 38.3 Å². The van der Waals surface area contributed by atoms with Crippen molar-refractivity contribution in [1.82, 2.24) is 0 Å². The van der Waals surface area contributed by atoms with Gasteiger partial charge in [-0.25, -0.2) is 0 Å². The van der Waals surface area contributed by atoms with Crippen LogP contribution in [0, 0.1) is 13.8 Å². The van der Waals surface area contributed by atoms with Crippen LogP contribution in [-0.2, 0) is 0 Å². The number of carbonyl (C=O) groups excluding carboxylic acids is 1. The van der Waals surface area contributed by atoms with E-state index in [9.17, 15) is 4.79 Å². The van der Waals surface area contributed by atoms with Crippen molar-refractivity contribution >= 4 is 11.6 Å². The maximum absolute atomic E-state index is 12.0. The molecule has 3 nitrogen and oxygen atoms in total. The Hall–Kier alpha value is -2.29. The molecule has 0 heterocycles. The molecule has 19 heavy (non-hydrogen) atoms. The number of amides is 1. The number of carbonyl (C=O) groups is 1. The molecule has 97 valence electrons. The lowest BCUT2D eigenvalue weighted by atomic mass is 10.1. The summed E-state index contributed by atoms with van der Waals surface area (Å²) in [5.74, 6) is 0.608. The van der Waals surface area contributed by atoms with E-state index in [1.807, 2.05) is 37.3 Å². The van der Waals surface area contributed by atoms with Crippen LogP contribution in [-0.4, -0.2) is 13.0 Å². The van der Waals surface area contributed by atoms with Gasteiger partial charge in [0.25, 0.3) is 5.91 Å². The maximum Gasteiger partial charge on any atom is 0.255 e. The highest BCUT2D eigenvalue weighted by Crippen LogP contribution is 2.22. The number of benzene rings is 2. The standard InChI is InChI=1S/C16H16NO2/c1-11-4-7-13(8-5-11)16(18)17-14-9-6-12(2)15(10-14)19-3/h4-10H,1H2,2-3H3,(H,17,18). The predicted octanol–water partition coefficient (Wildman–Crippen LogP) is 3.44. The number of rotatable bonds is 3. The van der Waals surface area contributed by atoms with E-state index in [4.69, 9.17) is 4.74 Å². The van der Waals surface area contributed by atoms with E-state index >= 15 is 0 Å². The zero-order valence-electron chi connectivity index (χ0n) is 11.1. The van der Waals surface area contributed by atoms with Gasteiger partial charge in [-0.3, -0.25) is 4.79 Å². The molecule has 1 radical (unpaired) electrons. The van der Waals surface area contributed by atoms with Crippen LogP contribution in [0.3, 0.4) is 0 Å². The molecule has 1 amide bonds. The van der Waals surface area contributed by atoms with Gasteiger partial charge in [-0.05, 0) is 43.2 Å². The first kappa shape index (κ1) is 13.1. The van der Waals surface area contributed by atoms with Crippen molar-refractivity contribution in [2.24, 2.45) is 0 Å². The molecule has 0 aliphatic carbocycles. The second-order valence-electron chi connectivity index (χ2n) is 4.34. The number of nitrogens with one attached hydrogen (secondary N) is 1. The van der Waals surface area contributed by atoms with Gasteiger partial charge in [0.05, 0.1) is 7.11 Å². The van der Waals surface area contributed by atoms with Gasteiger partial charge in [0.1, 0.15) is 5.75 Å². The minimum atomic E-state index is -0.147. The molecule has 0 saturated heterocycles. The summed E-state index contributed by atoms with van der Waals surface area (Å²) in [5, 5.41) is 2.84. The molecule has 0 fully saturated rings. The lowest BCUT2D eigenvalue weighted by Gasteiger charge is -2.09. The van der Waals surface area contributed by atoms with E-state index in [-0.39, 0.29) is 5.91 Å². The van der Waals surface area contributed by atoms with Crippen LogP contribution in [0.5, 0.6) is 5.75 Å². The molecule has 0 spiro atoms. The minimum Gasteiger partial charge on any atom is -0.496 e. The average molecular weight is 254 g/mol. The van der Waals surface area contributed by atoms with Gasteiger partial charge >= 0.3 is 0 Å². The summed E-state index contributed by atoms with van der Waals surface area (Å²) >= 11 is 0. The highest BCUT2D eigenvalue weighted by Gasteiger charge is 2.07. The van der Waals surface area contributed by atoms with Crippen molar-refractivity contribution in [2.75, 3.05) is 12.4 Å². The highest BCUT2D eigenvalue weighted by molar-refractivity contribution is 6.04. The lowest BCUT2D eigenvalue weighted by Crippen LogP contribution is -2.11. The zero-order valence-corrected chi connectivity index (χ0v) is 11.1. The van der Waals surface area contributed by atoms with Gasteiger partial charge in [0.2, 0.25) is 0 Å². The number of methoxy groups -OCH3 is 1. The first-order chi connectivity index (χ1) is 9.10. The lowest BCUT2D eigenvalue weighted by molar-refractivity contribution is 0.102. The third-order valence-electron chi connectivity index (χ3n) is 2.88. The summed E-state index contributed by atoms with van der Waals surface area (Å²) < 4.78 is 5.23. The predicted molar refractivity (Wildman–Crippen MR) is 76.6 cm³/mol. The molecule has 0 aromatic heterocycles. The summed E-state index contributed by atoms with van der Waals surface area (Å²) in [5.41, 5.74) is 3.23. The zero-order chi connectivity index (χ0) is 13.8. The first-order valence-corrected chi connectivity index (χ1v) is 5.98. The van der Waals surface area contributed by atoms with E-state index in [1.54, 1.807) is 19.2 Å². The fraction of sp³-hybridized carbons (Fsp3) is 0.125. The van der Waals surface area contributed by atoms with Crippen LogP contribution in [0.1, 0.15) is 21.5 Å². The summed E-state index contributed by atoms with van der Waals surface area (Å²) in [6.07, 6.45) is 0. The van der Waals surface area contributed by atoms with Gasteiger partial charge in [0, 0.05) is 17.3 Å². The molecule has 1 N–H and O–H groups in total. The van der Waals surface area contributed by atoms with E-state index in [1.165, 1.54) is 0 Å². The number of hydrogen-bond acceptors (Lipinski definition) is 2. The SMILES string of the molecule is [CH2]c1ccc(C(=O)Nc2ccc(C)c(OC)c2)cc1. The van der Waals surface area contributed by atoms with Crippen LogP contribution in [0.15, 0.2) is 42.5 Å². The number of aryl methyl sites for hydroxylation is 1. The summed E-state index contributed by atoms with van der Waals surface area (Å²) in [4.78, 5) is 12.0. The van der Waals surface area contributed by atoms with Crippen LogP contribution in [0.2, 0.25) is 0 Å². The van der Waals surface area contributed by atoms with E-state index in [0.29, 0.717) is 11.3 Å². The van der Waals surface area contributed by atoms with Crippen LogP contribution in [0.4, 0.5) is 5.69 Å². The molecule has 0 aliphatic heterocycles. The Kier molecular flexibility index (Phi) is 3.85. The smallest absolute Gasteiger partial charge is 0.255 e. The van der Waals surface area contributed by atoms with Gasteiger partial charge in [-0.2, -0.15) is 0 Å². The van der Waals surface area contributed by atoms with Crippen molar-refractivity contribution in [3.05, 3.63) is 66.1 Å². The molecule has 0 unspecified atom stereocenters. The van der Waals surface area contributed by atoms with Crippen molar-refractivity contribution < 1.29 is 9.53 Å². The second kappa shape index (κ2) is 5.57. The van der Waals surface area contributed by atoms with Crippen molar-refractivity contribution in [2.45, 2.75) is 6.92 Å². The van der Waals surface area contributed by atoms with E-state index in [0.717, 1.165) is 16.9 Å². The Morgan fingerprint density at radius 1 is 1.16 bits per heavy atom. The largest absolute Gasteiger partial charge is 0.496 e. The van der Waals surface area contributed by atoms with Gasteiger partial charge in [-0.1, -0.05) is 18.2 Å². The third-order valence-corrected chi connectivity index (χ3v) is 2.88. The molecule has 0 atom stereocenters. The molecule has 3 heteroatoms. The maximum atomic E-state index is 12.0. The quantitative estimate of drug-likeness (QED) is 0.911. The van der Waals surface area contributed by atoms with E-state index in [2.05, 4.69) is 12.2 Å². The van der Waals surface area contributed by atoms with Crippen LogP contribution in [0.25, 0.3) is 0 Å². The molecule has 2 rings (SSSR count). The van der Waals surface area contributed by atoms with Crippen molar-refractivity contribution in [1.29, 1.82) is 0 Å². The van der Waals surface area contributed by atoms with Gasteiger partial charge < -0.3 is 10.1 Å². The second-order valence-corrected chi connectivity index (χ2v) is 4.34. The number of anilines is 1. The monoisotopic (exact) mass is 254 g/mol. The van der Waals surface area contributed by atoms with Crippen molar-refractivity contribution in [3.63, 3.8) is 0 Å². The van der Waals surface area contributed by atoms with Gasteiger partial charge in [-0.15, -0.1) is 0 Å². The molecule has 0 bridgehead atoms. The molecule has 0 saturated carbocycles. The fourth-order valence-corrected chi connectivity index (χ4v) is 1.76. The Labute approximate surface area is 113 Å². The minimum absolute atomic E-state index is 0.147. The molecule has 2 aromatic rings. The Morgan fingerprint density at radius 2 is 1.84 bits per heavy atom. The summed E-state index contributed by atoms with van der Waals surface area (Å²) in [6, 6.07) is 12.7. The van der Waals surface area contributed by atoms with Crippen LogP contribution >= 0.6 is 0 Å². The average Bonchev–Trinajstić information content (AvgIpc) is 2.41. The fourth-order valence-electron chi connectivity index (χ4n) is 1.76. The Morgan fingerprint density at radius 3 is 2.47 bits per heavy atom. The highest BCUT2D eigenvalue weighted by atomic mass is 16.5. The first-order valence-electron chi connectivity index (χ1n) is 5.98. The normalized spacial score (nSPS) is 10.1. The number of hydrogen-bond donors (Lipinski definition) is 1.